The molecule has 0 bridgehead atoms. The van der Waals surface area contributed by atoms with E-state index in [0.29, 0.717) is 22.3 Å². The molecule has 0 saturated heterocycles. The number of allylic oxidation sites excluding steroid dienone is 1. The highest BCUT2D eigenvalue weighted by Crippen LogP contribution is 2.39. The first-order chi connectivity index (χ1) is 17.3. The summed E-state index contributed by atoms with van der Waals surface area (Å²) in [5.41, 5.74) is 4.46. The Hall–Kier alpha value is -3.21. The van der Waals surface area contributed by atoms with E-state index < -0.39 is 5.97 Å². The van der Waals surface area contributed by atoms with Crippen LogP contribution in [0.1, 0.15) is 25.7 Å². The van der Waals surface area contributed by atoms with Crippen molar-refractivity contribution in [3.8, 4) is 22.5 Å². The molecule has 0 fully saturated rings. The quantitative estimate of drug-likeness (QED) is 0.152. The maximum Gasteiger partial charge on any atom is 0.341 e. The summed E-state index contributed by atoms with van der Waals surface area (Å²) in [4.78, 5) is 27.2. The maximum absolute atomic E-state index is 12.8. The molecule has 186 valence electrons. The van der Waals surface area contributed by atoms with Crippen LogP contribution in [0.25, 0.3) is 22.5 Å². The van der Waals surface area contributed by atoms with Crippen molar-refractivity contribution in [1.29, 1.82) is 0 Å². The van der Waals surface area contributed by atoms with Gasteiger partial charge in [0.15, 0.2) is 11.0 Å². The first-order valence-electron chi connectivity index (χ1n) is 11.1. The van der Waals surface area contributed by atoms with Gasteiger partial charge in [-0.15, -0.1) is 39.4 Å². The van der Waals surface area contributed by atoms with Gasteiger partial charge < -0.3 is 10.1 Å². The minimum Gasteiger partial charge on any atom is -0.465 e. The van der Waals surface area contributed by atoms with Gasteiger partial charge in [-0.05, 0) is 31.9 Å². The number of carbonyl (C=O) groups excluding carboxylic acids is 2. The van der Waals surface area contributed by atoms with E-state index >= 15 is 0 Å². The highest BCUT2D eigenvalue weighted by molar-refractivity contribution is 7.99. The molecule has 3 heterocycles. The lowest BCUT2D eigenvalue weighted by atomic mass is 10.0. The SMILES string of the molecule is C=CCn1c(SCC(=O)Nc2sc(C)c(C)c2C(=O)OC)nnc1-c1csc(C)c1-c1ccccc1. The van der Waals surface area contributed by atoms with Crippen LogP contribution in [0, 0.1) is 20.8 Å². The number of amides is 1. The molecule has 0 unspecified atom stereocenters. The molecule has 0 radical (unpaired) electrons. The summed E-state index contributed by atoms with van der Waals surface area (Å²) in [6.07, 6.45) is 1.79. The van der Waals surface area contributed by atoms with Crippen LogP contribution >= 0.6 is 34.4 Å². The van der Waals surface area contributed by atoms with Crippen molar-refractivity contribution < 1.29 is 14.3 Å². The number of rotatable bonds is 9. The molecule has 4 rings (SSSR count). The summed E-state index contributed by atoms with van der Waals surface area (Å²) in [7, 11) is 1.33. The fourth-order valence-electron chi connectivity index (χ4n) is 3.83. The lowest BCUT2D eigenvalue weighted by Gasteiger charge is -2.10. The van der Waals surface area contributed by atoms with Gasteiger partial charge in [-0.25, -0.2) is 4.79 Å². The zero-order valence-electron chi connectivity index (χ0n) is 20.5. The summed E-state index contributed by atoms with van der Waals surface area (Å²) in [6, 6.07) is 10.2. The van der Waals surface area contributed by atoms with Gasteiger partial charge in [0.2, 0.25) is 5.91 Å². The number of ether oxygens (including phenoxy) is 1. The zero-order chi connectivity index (χ0) is 25.8. The molecule has 0 saturated carbocycles. The van der Waals surface area contributed by atoms with Crippen molar-refractivity contribution in [2.45, 2.75) is 32.5 Å². The van der Waals surface area contributed by atoms with Crippen molar-refractivity contribution >= 4 is 51.3 Å². The minimum atomic E-state index is -0.463. The van der Waals surface area contributed by atoms with Gasteiger partial charge in [0.25, 0.3) is 0 Å². The Morgan fingerprint density at radius 2 is 1.92 bits per heavy atom. The van der Waals surface area contributed by atoms with Crippen LogP contribution in [0.3, 0.4) is 0 Å². The number of thiophene rings is 2. The van der Waals surface area contributed by atoms with E-state index in [-0.39, 0.29) is 11.7 Å². The van der Waals surface area contributed by atoms with E-state index in [2.05, 4.69) is 46.5 Å². The van der Waals surface area contributed by atoms with Crippen molar-refractivity contribution in [3.05, 3.63) is 69.2 Å². The van der Waals surface area contributed by atoms with Crippen LogP contribution in [0.5, 0.6) is 0 Å². The molecule has 1 N–H and O–H groups in total. The Balaban J connectivity index is 1.57. The van der Waals surface area contributed by atoms with E-state index in [0.717, 1.165) is 33.0 Å². The van der Waals surface area contributed by atoms with Gasteiger partial charge in [0.1, 0.15) is 5.00 Å². The van der Waals surface area contributed by atoms with Crippen LogP contribution in [0.4, 0.5) is 5.00 Å². The van der Waals surface area contributed by atoms with E-state index in [4.69, 9.17) is 4.74 Å². The summed E-state index contributed by atoms with van der Waals surface area (Å²) < 4.78 is 6.86. The molecule has 7 nitrogen and oxygen atoms in total. The molecule has 0 aliphatic heterocycles. The number of thioether (sulfide) groups is 1. The Kier molecular flexibility index (Phi) is 8.07. The largest absolute Gasteiger partial charge is 0.465 e. The van der Waals surface area contributed by atoms with E-state index in [1.807, 2.05) is 36.6 Å². The first kappa shape index (κ1) is 25.9. The molecule has 3 aromatic heterocycles. The summed E-state index contributed by atoms with van der Waals surface area (Å²) >= 11 is 4.32. The van der Waals surface area contributed by atoms with Crippen LogP contribution < -0.4 is 5.32 Å². The Labute approximate surface area is 222 Å². The highest BCUT2D eigenvalue weighted by Gasteiger charge is 2.23. The second kappa shape index (κ2) is 11.2. The number of carbonyl (C=O) groups is 2. The average molecular weight is 539 g/mol. The van der Waals surface area contributed by atoms with Gasteiger partial charge in [-0.1, -0.05) is 48.2 Å². The van der Waals surface area contributed by atoms with Crippen molar-refractivity contribution in [2.75, 3.05) is 18.2 Å². The van der Waals surface area contributed by atoms with Crippen LogP contribution in [-0.4, -0.2) is 39.5 Å². The molecule has 4 aromatic rings. The molecule has 0 spiro atoms. The number of nitrogens with one attached hydrogen (secondary N) is 1. The molecule has 0 aliphatic rings. The number of nitrogens with zero attached hydrogens (tertiary/aromatic N) is 3. The first-order valence-corrected chi connectivity index (χ1v) is 13.8. The third kappa shape index (κ3) is 5.16. The number of hydrogen-bond donors (Lipinski definition) is 1. The molecular weight excluding hydrogens is 513 g/mol. The number of esters is 1. The van der Waals surface area contributed by atoms with Gasteiger partial charge in [-0.2, -0.15) is 0 Å². The number of methoxy groups -OCH3 is 1. The maximum atomic E-state index is 12.8. The Bertz CT molecular complexity index is 1420. The molecule has 1 aromatic carbocycles. The van der Waals surface area contributed by atoms with E-state index in [1.54, 1.807) is 17.4 Å². The highest BCUT2D eigenvalue weighted by atomic mass is 32.2. The Morgan fingerprint density at radius 3 is 2.61 bits per heavy atom. The van der Waals surface area contributed by atoms with Gasteiger partial charge in [0, 0.05) is 32.8 Å². The molecule has 0 atom stereocenters. The summed E-state index contributed by atoms with van der Waals surface area (Å²) in [5.74, 6) is 0.145. The summed E-state index contributed by atoms with van der Waals surface area (Å²) in [6.45, 7) is 10.2. The number of benzene rings is 1. The van der Waals surface area contributed by atoms with Crippen molar-refractivity contribution in [3.63, 3.8) is 0 Å². The smallest absolute Gasteiger partial charge is 0.341 e. The fraction of sp³-hybridized carbons (Fsp3) is 0.231. The Morgan fingerprint density at radius 1 is 1.17 bits per heavy atom. The van der Waals surface area contributed by atoms with Crippen molar-refractivity contribution in [1.82, 2.24) is 14.8 Å². The lowest BCUT2D eigenvalue weighted by Crippen LogP contribution is -2.16. The monoisotopic (exact) mass is 538 g/mol. The second-order valence-corrected chi connectivity index (χ2v) is 11.2. The fourth-order valence-corrected chi connectivity index (χ4v) is 6.50. The molecule has 36 heavy (non-hydrogen) atoms. The summed E-state index contributed by atoms with van der Waals surface area (Å²) in [5, 5.41) is 15.0. The third-order valence-electron chi connectivity index (χ3n) is 5.67. The predicted molar refractivity (Wildman–Crippen MR) is 148 cm³/mol. The van der Waals surface area contributed by atoms with E-state index in [9.17, 15) is 9.59 Å². The standard InChI is InChI=1S/C26H26N4O3S3/c1-6-12-30-23(19-13-34-17(4)22(19)18-10-8-7-9-11-18)28-29-26(30)35-14-20(31)27-24-21(25(32)33-5)15(2)16(3)36-24/h6-11,13H,1,12,14H2,2-5H3,(H,27,31). The number of hydrogen-bond acceptors (Lipinski definition) is 8. The number of aromatic nitrogens is 3. The molecule has 10 heteroatoms. The third-order valence-corrected chi connectivity index (χ3v) is 8.67. The lowest BCUT2D eigenvalue weighted by molar-refractivity contribution is -0.113. The van der Waals surface area contributed by atoms with Crippen molar-refractivity contribution in [2.24, 2.45) is 0 Å². The molecule has 0 aliphatic carbocycles. The topological polar surface area (TPSA) is 86.1 Å². The molecule has 1 amide bonds. The zero-order valence-corrected chi connectivity index (χ0v) is 22.9. The number of anilines is 1. The van der Waals surface area contributed by atoms with Crippen LogP contribution in [0.15, 0.2) is 53.5 Å². The number of aryl methyl sites for hydroxylation is 2. The van der Waals surface area contributed by atoms with Gasteiger partial charge >= 0.3 is 5.97 Å². The normalized spacial score (nSPS) is 10.9. The predicted octanol–water partition coefficient (Wildman–Crippen LogP) is 6.36. The molecular formula is C26H26N4O3S3. The average Bonchev–Trinajstić information content (AvgIpc) is 3.53. The minimum absolute atomic E-state index is 0.111. The van der Waals surface area contributed by atoms with Gasteiger partial charge in [-0.3, -0.25) is 9.36 Å². The van der Waals surface area contributed by atoms with Gasteiger partial charge in [0.05, 0.1) is 18.4 Å². The van der Waals surface area contributed by atoms with Crippen LogP contribution in [0.2, 0.25) is 0 Å². The van der Waals surface area contributed by atoms with E-state index in [1.165, 1.54) is 35.1 Å². The second-order valence-electron chi connectivity index (χ2n) is 7.97. The van der Waals surface area contributed by atoms with Crippen LogP contribution in [-0.2, 0) is 16.1 Å².